The summed E-state index contributed by atoms with van der Waals surface area (Å²) in [6, 6.07) is 12.9. The Kier molecular flexibility index (Phi) is 6.06. The van der Waals surface area contributed by atoms with Gasteiger partial charge in [-0.1, -0.05) is 12.1 Å². The zero-order chi connectivity index (χ0) is 20.8. The van der Waals surface area contributed by atoms with E-state index in [2.05, 4.69) is 26.0 Å². The molecule has 12 heteroatoms. The topological polar surface area (TPSA) is 154 Å². The highest BCUT2D eigenvalue weighted by atomic mass is 32.1. The number of amides is 1. The summed E-state index contributed by atoms with van der Waals surface area (Å²) >= 11 is 1.23. The van der Waals surface area contributed by atoms with Crippen LogP contribution in [0.2, 0.25) is 0 Å². The highest BCUT2D eigenvalue weighted by Crippen LogP contribution is 2.21. The highest BCUT2D eigenvalue weighted by molar-refractivity contribution is 7.20. The van der Waals surface area contributed by atoms with E-state index in [1.807, 2.05) is 23.7 Å². The predicted octanol–water partition coefficient (Wildman–Crippen LogP) is 2.71. The van der Waals surface area contributed by atoms with Gasteiger partial charge in [-0.2, -0.15) is 10.2 Å². The standard InChI is InChI=1S/C17H15N7O4S/c1-10(15(23-26)21-20-11-6-8-12(9-7-11)24(27)28)19-22-16(25)17-18-13-4-2-3-5-14(13)29-17/h2-9,20,26H,1H3,(H,21,23)(H,22,25)/b19-10+. The van der Waals surface area contributed by atoms with Gasteiger partial charge in [0.25, 0.3) is 11.6 Å². The fourth-order valence-corrected chi connectivity index (χ4v) is 3.03. The molecule has 148 valence electrons. The number of non-ortho nitro benzene ring substituents is 1. The number of hydrogen-bond acceptors (Lipinski definition) is 9. The first-order valence-corrected chi connectivity index (χ1v) is 8.98. The summed E-state index contributed by atoms with van der Waals surface area (Å²) in [4.78, 5) is 26.6. The molecule has 1 amide bonds. The van der Waals surface area contributed by atoms with Crippen molar-refractivity contribution in [1.29, 1.82) is 0 Å². The first-order valence-electron chi connectivity index (χ1n) is 8.17. The fourth-order valence-electron chi connectivity index (χ4n) is 2.17. The molecule has 0 radical (unpaired) electrons. The molecule has 11 nitrogen and oxygen atoms in total. The second kappa shape index (κ2) is 8.86. The summed E-state index contributed by atoms with van der Waals surface area (Å²) in [6.45, 7) is 1.51. The molecule has 29 heavy (non-hydrogen) atoms. The van der Waals surface area contributed by atoms with Crippen LogP contribution in [-0.4, -0.2) is 32.6 Å². The quantitative estimate of drug-likeness (QED) is 0.210. The average molecular weight is 413 g/mol. The van der Waals surface area contributed by atoms with Crippen LogP contribution in [0.5, 0.6) is 0 Å². The molecule has 0 unspecified atom stereocenters. The minimum atomic E-state index is -0.515. The monoisotopic (exact) mass is 413 g/mol. The lowest BCUT2D eigenvalue weighted by Crippen LogP contribution is -2.30. The number of thiazole rings is 1. The van der Waals surface area contributed by atoms with E-state index in [4.69, 9.17) is 0 Å². The van der Waals surface area contributed by atoms with Gasteiger partial charge in [0.15, 0.2) is 10.8 Å². The maximum absolute atomic E-state index is 12.2. The Hall–Kier alpha value is -3.90. The van der Waals surface area contributed by atoms with E-state index in [0.29, 0.717) is 5.69 Å². The fraction of sp³-hybridized carbons (Fsp3) is 0.0588. The summed E-state index contributed by atoms with van der Waals surface area (Å²) in [5.41, 5.74) is 8.13. The number of para-hydroxylation sites is 1. The Morgan fingerprint density at radius 3 is 2.55 bits per heavy atom. The van der Waals surface area contributed by atoms with Crippen LogP contribution >= 0.6 is 11.3 Å². The van der Waals surface area contributed by atoms with Crippen molar-refractivity contribution < 1.29 is 14.9 Å². The number of nitro benzene ring substituents is 1. The van der Waals surface area contributed by atoms with Crippen molar-refractivity contribution in [2.24, 2.45) is 10.2 Å². The van der Waals surface area contributed by atoms with Gasteiger partial charge in [-0.15, -0.1) is 11.3 Å². The van der Waals surface area contributed by atoms with Gasteiger partial charge in [0.2, 0.25) is 0 Å². The molecule has 0 saturated heterocycles. The number of amidine groups is 1. The number of anilines is 1. The normalized spacial score (nSPS) is 11.9. The van der Waals surface area contributed by atoms with Crippen molar-refractivity contribution >= 4 is 50.4 Å². The largest absolute Gasteiger partial charge is 0.300 e. The molecule has 3 rings (SSSR count). The molecule has 2 aromatic carbocycles. The summed E-state index contributed by atoms with van der Waals surface area (Å²) < 4.78 is 0.880. The zero-order valence-electron chi connectivity index (χ0n) is 15.0. The molecule has 0 atom stereocenters. The maximum atomic E-state index is 12.2. The number of benzene rings is 2. The minimum Gasteiger partial charge on any atom is -0.290 e. The van der Waals surface area contributed by atoms with Crippen molar-refractivity contribution in [1.82, 2.24) is 15.9 Å². The minimum absolute atomic E-state index is 0.0599. The zero-order valence-corrected chi connectivity index (χ0v) is 15.8. The third-order valence-corrected chi connectivity index (χ3v) is 4.67. The number of carbonyl (C=O) groups is 1. The van der Waals surface area contributed by atoms with Gasteiger partial charge < -0.3 is 0 Å². The molecule has 3 aromatic rings. The van der Waals surface area contributed by atoms with Gasteiger partial charge in [0.1, 0.15) is 5.71 Å². The van der Waals surface area contributed by atoms with Crippen molar-refractivity contribution in [3.8, 4) is 0 Å². The van der Waals surface area contributed by atoms with Crippen LogP contribution in [0, 0.1) is 10.1 Å². The first-order chi connectivity index (χ1) is 14.0. The summed E-state index contributed by atoms with van der Waals surface area (Å²) in [5.74, 6) is -0.556. The van der Waals surface area contributed by atoms with E-state index in [1.165, 1.54) is 42.5 Å². The van der Waals surface area contributed by atoms with Gasteiger partial charge in [0, 0.05) is 12.1 Å². The van der Waals surface area contributed by atoms with Gasteiger partial charge in [-0.25, -0.2) is 15.9 Å². The Morgan fingerprint density at radius 2 is 1.90 bits per heavy atom. The van der Waals surface area contributed by atoms with Crippen LogP contribution in [0.3, 0.4) is 0 Å². The first kappa shape index (κ1) is 19.9. The molecule has 1 heterocycles. The van der Waals surface area contributed by atoms with Crippen molar-refractivity contribution in [3.63, 3.8) is 0 Å². The lowest BCUT2D eigenvalue weighted by Gasteiger charge is -2.06. The second-order valence-electron chi connectivity index (χ2n) is 5.61. The second-order valence-corrected chi connectivity index (χ2v) is 6.64. The maximum Gasteiger partial charge on any atom is 0.300 e. The van der Waals surface area contributed by atoms with Crippen LogP contribution in [0.25, 0.3) is 10.2 Å². The van der Waals surface area contributed by atoms with Crippen molar-refractivity contribution in [2.45, 2.75) is 6.92 Å². The molecular weight excluding hydrogens is 398 g/mol. The van der Waals surface area contributed by atoms with Gasteiger partial charge in [0.05, 0.1) is 20.8 Å². The number of rotatable bonds is 6. The number of carbonyl (C=O) groups excluding carboxylic acids is 1. The van der Waals surface area contributed by atoms with Crippen LogP contribution in [-0.2, 0) is 0 Å². The molecule has 0 aliphatic carbocycles. The molecule has 0 aliphatic rings. The SMILES string of the molecule is CC(=N\NC(=O)c1nc2ccccc2s1)/C(=N/Nc1ccc([N+](=O)[O-])cc1)NO. The molecule has 0 saturated carbocycles. The Labute approximate surface area is 167 Å². The molecule has 0 fully saturated rings. The number of hydrazone groups is 2. The van der Waals surface area contributed by atoms with Gasteiger partial charge in [-0.3, -0.25) is 25.5 Å². The molecular formula is C17H15N7O4S. The van der Waals surface area contributed by atoms with E-state index in [-0.39, 0.29) is 22.2 Å². The predicted molar refractivity (Wildman–Crippen MR) is 109 cm³/mol. The van der Waals surface area contributed by atoms with Crippen LogP contribution < -0.4 is 16.3 Å². The summed E-state index contributed by atoms with van der Waals surface area (Å²) in [7, 11) is 0. The Morgan fingerprint density at radius 1 is 1.17 bits per heavy atom. The summed E-state index contributed by atoms with van der Waals surface area (Å²) in [6.07, 6.45) is 0. The molecule has 1 aromatic heterocycles. The molecule has 4 N–H and O–H groups in total. The smallest absolute Gasteiger partial charge is 0.290 e. The lowest BCUT2D eigenvalue weighted by molar-refractivity contribution is -0.384. The van der Waals surface area contributed by atoms with E-state index in [9.17, 15) is 20.1 Å². The lowest BCUT2D eigenvalue weighted by atomic mass is 10.3. The Bertz CT molecular complexity index is 1080. The Balaban J connectivity index is 1.66. The third-order valence-electron chi connectivity index (χ3n) is 3.64. The average Bonchev–Trinajstić information content (AvgIpc) is 3.17. The van der Waals surface area contributed by atoms with Gasteiger partial charge >= 0.3 is 0 Å². The number of hydroxylamine groups is 1. The van der Waals surface area contributed by atoms with E-state index in [1.54, 1.807) is 6.07 Å². The number of nitrogens with one attached hydrogen (secondary N) is 3. The van der Waals surface area contributed by atoms with Crippen LogP contribution in [0.15, 0.2) is 58.7 Å². The van der Waals surface area contributed by atoms with E-state index < -0.39 is 10.8 Å². The van der Waals surface area contributed by atoms with Crippen molar-refractivity contribution in [3.05, 3.63) is 63.7 Å². The van der Waals surface area contributed by atoms with Gasteiger partial charge in [-0.05, 0) is 31.2 Å². The molecule has 0 aliphatic heterocycles. The highest BCUT2D eigenvalue weighted by Gasteiger charge is 2.12. The number of nitro groups is 1. The van der Waals surface area contributed by atoms with Crippen molar-refractivity contribution in [2.75, 3.05) is 5.43 Å². The third kappa shape index (κ3) is 4.88. The number of nitrogens with zero attached hydrogens (tertiary/aromatic N) is 4. The van der Waals surface area contributed by atoms with Crippen LogP contribution in [0.4, 0.5) is 11.4 Å². The van der Waals surface area contributed by atoms with E-state index in [0.717, 1.165) is 10.2 Å². The number of fused-ring (bicyclic) bond motifs is 1. The summed E-state index contributed by atoms with van der Waals surface area (Å²) in [5, 5.41) is 28.0. The van der Waals surface area contributed by atoms with E-state index >= 15 is 0 Å². The number of hydrogen-bond donors (Lipinski definition) is 4. The molecule has 0 bridgehead atoms. The molecule has 0 spiro atoms. The van der Waals surface area contributed by atoms with Crippen LogP contribution in [0.1, 0.15) is 16.7 Å². The number of aromatic nitrogens is 1.